The average Bonchev–Trinajstić information content (AvgIpc) is 3.45. The van der Waals surface area contributed by atoms with Crippen molar-refractivity contribution in [1.29, 1.82) is 0 Å². The first kappa shape index (κ1) is 17.6. The van der Waals surface area contributed by atoms with Gasteiger partial charge in [-0.3, -0.25) is 5.32 Å². The minimum Gasteiger partial charge on any atom is -0.465 e. The normalized spacial score (nSPS) is 19.1. The van der Waals surface area contributed by atoms with Crippen molar-refractivity contribution in [3.63, 3.8) is 0 Å². The number of rotatable bonds is 2. The lowest BCUT2D eigenvalue weighted by Crippen LogP contribution is -2.36. The number of benzene rings is 1. The third-order valence-electron chi connectivity index (χ3n) is 4.45. The van der Waals surface area contributed by atoms with Crippen LogP contribution in [0.25, 0.3) is 0 Å². The highest BCUT2D eigenvalue weighted by molar-refractivity contribution is 5.85. The summed E-state index contributed by atoms with van der Waals surface area (Å²) in [5.74, 6) is 0. The standard InChI is InChI=1S/C16H21N3O3.C3H6/c20-16(21)18-13-7-8-14-11(9-13)10-22-15(19-14)17-12-5-3-1-2-4-6-12;1-2-3-1/h7-9,12,18H,1-6,10H2,(H,17,19)(H,20,21);1-3H2. The molecule has 0 saturated heterocycles. The van der Waals surface area contributed by atoms with Crippen LogP contribution in [0.2, 0.25) is 0 Å². The van der Waals surface area contributed by atoms with Gasteiger partial charge in [0.15, 0.2) is 0 Å². The van der Waals surface area contributed by atoms with Gasteiger partial charge in [-0.2, -0.15) is 4.99 Å². The summed E-state index contributed by atoms with van der Waals surface area (Å²) in [5.41, 5.74) is 2.25. The number of fused-ring (bicyclic) bond motifs is 1. The molecule has 1 aliphatic heterocycles. The van der Waals surface area contributed by atoms with Crippen LogP contribution in [0.5, 0.6) is 0 Å². The first-order chi connectivity index (χ1) is 12.2. The van der Waals surface area contributed by atoms with Gasteiger partial charge in [-0.05, 0) is 31.0 Å². The fourth-order valence-corrected chi connectivity index (χ4v) is 2.97. The fourth-order valence-electron chi connectivity index (χ4n) is 2.97. The zero-order chi connectivity index (χ0) is 17.5. The molecule has 1 amide bonds. The summed E-state index contributed by atoms with van der Waals surface area (Å²) >= 11 is 0. The van der Waals surface area contributed by atoms with Crippen LogP contribution >= 0.6 is 0 Å². The molecule has 3 aliphatic rings. The SMILES string of the molecule is C1CC1.O=C(O)Nc1ccc2c(c1)COC(NC1CCCCCC1)=N2. The Hall–Kier alpha value is -2.24. The maximum absolute atomic E-state index is 10.7. The molecule has 1 heterocycles. The molecule has 25 heavy (non-hydrogen) atoms. The van der Waals surface area contributed by atoms with Gasteiger partial charge in [-0.1, -0.05) is 44.9 Å². The zero-order valence-corrected chi connectivity index (χ0v) is 14.6. The second kappa shape index (κ2) is 8.74. The van der Waals surface area contributed by atoms with Crippen LogP contribution in [0.15, 0.2) is 23.2 Å². The van der Waals surface area contributed by atoms with E-state index in [4.69, 9.17) is 9.84 Å². The molecule has 0 radical (unpaired) electrons. The van der Waals surface area contributed by atoms with Crippen molar-refractivity contribution in [2.75, 3.05) is 5.32 Å². The van der Waals surface area contributed by atoms with Crippen LogP contribution in [0.3, 0.4) is 0 Å². The second-order valence-corrected chi connectivity index (χ2v) is 6.87. The molecular formula is C19H27N3O3. The van der Waals surface area contributed by atoms with E-state index in [0.717, 1.165) is 24.1 Å². The fraction of sp³-hybridized carbons (Fsp3) is 0.579. The Morgan fingerprint density at radius 3 is 2.40 bits per heavy atom. The van der Waals surface area contributed by atoms with Gasteiger partial charge >= 0.3 is 6.09 Å². The number of hydrogen-bond donors (Lipinski definition) is 3. The van der Waals surface area contributed by atoms with E-state index in [1.54, 1.807) is 12.1 Å². The molecule has 4 rings (SSSR count). The molecule has 2 saturated carbocycles. The van der Waals surface area contributed by atoms with Crippen LogP contribution in [0, 0.1) is 0 Å². The van der Waals surface area contributed by atoms with E-state index >= 15 is 0 Å². The number of nitrogens with zero attached hydrogens (tertiary/aromatic N) is 1. The lowest BCUT2D eigenvalue weighted by atomic mass is 10.1. The molecule has 6 nitrogen and oxygen atoms in total. The Morgan fingerprint density at radius 1 is 1.08 bits per heavy atom. The summed E-state index contributed by atoms with van der Waals surface area (Å²) in [4.78, 5) is 15.2. The number of nitrogens with one attached hydrogen (secondary N) is 2. The topological polar surface area (TPSA) is 83.0 Å². The number of carbonyl (C=O) groups is 1. The summed E-state index contributed by atoms with van der Waals surface area (Å²) in [5, 5.41) is 14.5. The van der Waals surface area contributed by atoms with Gasteiger partial charge in [0.05, 0.1) is 5.69 Å². The monoisotopic (exact) mass is 345 g/mol. The number of amides is 1. The highest BCUT2D eigenvalue weighted by Crippen LogP contribution is 2.28. The summed E-state index contributed by atoms with van der Waals surface area (Å²) in [6, 6.07) is 6.31. The maximum Gasteiger partial charge on any atom is 0.409 e. The Bertz CT molecular complexity index is 618. The number of aliphatic imine (C=N–C) groups is 1. The third kappa shape index (κ3) is 5.96. The summed E-state index contributed by atoms with van der Waals surface area (Å²) in [6.07, 6.45) is 10.9. The molecule has 1 aromatic rings. The molecular weight excluding hydrogens is 318 g/mol. The molecule has 0 unspecified atom stereocenters. The van der Waals surface area contributed by atoms with Crippen LogP contribution in [0.4, 0.5) is 16.2 Å². The Kier molecular flexibility index (Phi) is 6.14. The van der Waals surface area contributed by atoms with E-state index in [-0.39, 0.29) is 0 Å². The van der Waals surface area contributed by atoms with E-state index in [9.17, 15) is 4.79 Å². The van der Waals surface area contributed by atoms with E-state index in [1.165, 1.54) is 44.9 Å². The van der Waals surface area contributed by atoms with Crippen LogP contribution in [0.1, 0.15) is 63.4 Å². The largest absolute Gasteiger partial charge is 0.465 e. The van der Waals surface area contributed by atoms with E-state index < -0.39 is 6.09 Å². The number of hydrogen-bond acceptors (Lipinski definition) is 4. The van der Waals surface area contributed by atoms with Crippen molar-refractivity contribution in [3.8, 4) is 0 Å². The minimum absolute atomic E-state index is 0.406. The third-order valence-corrected chi connectivity index (χ3v) is 4.45. The predicted molar refractivity (Wildman–Crippen MR) is 98.5 cm³/mol. The Balaban J connectivity index is 0.000000549. The van der Waals surface area contributed by atoms with Crippen molar-refractivity contribution in [3.05, 3.63) is 23.8 Å². The Morgan fingerprint density at radius 2 is 1.76 bits per heavy atom. The molecule has 1 aromatic carbocycles. The van der Waals surface area contributed by atoms with Gasteiger partial charge in [-0.15, -0.1) is 0 Å². The molecule has 136 valence electrons. The molecule has 0 spiro atoms. The number of amidine groups is 1. The van der Waals surface area contributed by atoms with E-state index in [1.807, 2.05) is 6.07 Å². The lowest BCUT2D eigenvalue weighted by Gasteiger charge is -2.22. The van der Waals surface area contributed by atoms with Gasteiger partial charge in [0, 0.05) is 17.3 Å². The van der Waals surface area contributed by atoms with Crippen molar-refractivity contribution in [1.82, 2.24) is 5.32 Å². The predicted octanol–water partition coefficient (Wildman–Crippen LogP) is 4.78. The molecule has 0 atom stereocenters. The van der Waals surface area contributed by atoms with Gasteiger partial charge in [0.2, 0.25) is 0 Å². The first-order valence-corrected chi connectivity index (χ1v) is 9.31. The first-order valence-electron chi connectivity index (χ1n) is 9.31. The van der Waals surface area contributed by atoms with Crippen molar-refractivity contribution in [2.24, 2.45) is 4.99 Å². The maximum atomic E-state index is 10.7. The summed E-state index contributed by atoms with van der Waals surface area (Å²) in [7, 11) is 0. The van der Waals surface area contributed by atoms with Crippen molar-refractivity contribution in [2.45, 2.75) is 70.4 Å². The number of carboxylic acid groups (broad SMARTS) is 1. The summed E-state index contributed by atoms with van der Waals surface area (Å²) in [6.45, 7) is 0.406. The molecule has 0 bridgehead atoms. The lowest BCUT2D eigenvalue weighted by molar-refractivity contribution is 0.209. The van der Waals surface area contributed by atoms with Crippen LogP contribution in [-0.4, -0.2) is 23.3 Å². The van der Waals surface area contributed by atoms with Gasteiger partial charge in [0.1, 0.15) is 6.61 Å². The quantitative estimate of drug-likeness (QED) is 0.674. The highest BCUT2D eigenvalue weighted by atomic mass is 16.5. The highest BCUT2D eigenvalue weighted by Gasteiger charge is 2.18. The van der Waals surface area contributed by atoms with E-state index in [2.05, 4.69) is 15.6 Å². The zero-order valence-electron chi connectivity index (χ0n) is 14.6. The molecule has 3 N–H and O–H groups in total. The van der Waals surface area contributed by atoms with Gasteiger partial charge in [0.25, 0.3) is 6.02 Å². The number of anilines is 1. The molecule has 2 aliphatic carbocycles. The molecule has 6 heteroatoms. The number of ether oxygens (including phenoxy) is 1. The summed E-state index contributed by atoms with van der Waals surface area (Å²) < 4.78 is 5.67. The average molecular weight is 345 g/mol. The minimum atomic E-state index is -1.07. The second-order valence-electron chi connectivity index (χ2n) is 6.87. The van der Waals surface area contributed by atoms with Gasteiger partial charge < -0.3 is 15.2 Å². The van der Waals surface area contributed by atoms with Crippen molar-refractivity contribution >= 4 is 23.5 Å². The smallest absolute Gasteiger partial charge is 0.409 e. The van der Waals surface area contributed by atoms with Gasteiger partial charge in [-0.25, -0.2) is 4.79 Å². The molecule has 2 fully saturated rings. The van der Waals surface area contributed by atoms with Crippen LogP contribution < -0.4 is 10.6 Å². The van der Waals surface area contributed by atoms with E-state index in [0.29, 0.717) is 24.4 Å². The van der Waals surface area contributed by atoms with Crippen LogP contribution in [-0.2, 0) is 11.3 Å². The van der Waals surface area contributed by atoms with Crippen molar-refractivity contribution < 1.29 is 14.6 Å². The Labute approximate surface area is 148 Å². The molecule has 0 aromatic heterocycles.